The first-order valence-electron chi connectivity index (χ1n) is 4.93. The van der Waals surface area contributed by atoms with Crippen molar-refractivity contribution in [3.8, 4) is 0 Å². The number of ether oxygens (including phenoxy) is 1. The lowest BCUT2D eigenvalue weighted by Crippen LogP contribution is -2.13. The van der Waals surface area contributed by atoms with E-state index in [4.69, 9.17) is 4.74 Å². The third-order valence-electron chi connectivity index (χ3n) is 2.31. The zero-order chi connectivity index (χ0) is 9.68. The number of rotatable bonds is 5. The average Bonchev–Trinajstić information content (AvgIpc) is 2.45. The smallest absolute Gasteiger partial charge is 0.129 e. The Labute approximate surface area is 84.4 Å². The van der Waals surface area contributed by atoms with Crippen LogP contribution in [0.3, 0.4) is 0 Å². The van der Waals surface area contributed by atoms with Gasteiger partial charge in [-0.15, -0.1) is 0 Å². The lowest BCUT2D eigenvalue weighted by molar-refractivity contribution is -0.117. The molecule has 1 aliphatic heterocycles. The summed E-state index contributed by atoms with van der Waals surface area (Å²) in [5.41, 5.74) is 0. The van der Waals surface area contributed by atoms with E-state index in [0.29, 0.717) is 17.1 Å². The number of Topliss-reactive ketones (excluding diaryl/α,β-unsaturated/α-hetero) is 1. The molecule has 3 heteroatoms. The number of hydrogen-bond donors (Lipinski definition) is 0. The SMILES string of the molecule is CC(=O)CCCSC1CCOC1C. The monoisotopic (exact) mass is 202 g/mol. The molecule has 76 valence electrons. The van der Waals surface area contributed by atoms with Crippen LogP contribution in [0, 0.1) is 0 Å². The van der Waals surface area contributed by atoms with Crippen molar-refractivity contribution in [2.75, 3.05) is 12.4 Å². The maximum atomic E-state index is 10.7. The van der Waals surface area contributed by atoms with Gasteiger partial charge in [0.2, 0.25) is 0 Å². The van der Waals surface area contributed by atoms with Gasteiger partial charge in [-0.2, -0.15) is 11.8 Å². The summed E-state index contributed by atoms with van der Waals surface area (Å²) >= 11 is 1.96. The van der Waals surface area contributed by atoms with Crippen LogP contribution in [0.4, 0.5) is 0 Å². The van der Waals surface area contributed by atoms with Gasteiger partial charge in [0.1, 0.15) is 5.78 Å². The Morgan fingerprint density at radius 2 is 2.38 bits per heavy atom. The molecule has 0 radical (unpaired) electrons. The Morgan fingerprint density at radius 3 is 2.92 bits per heavy atom. The Bertz CT molecular complexity index is 170. The average molecular weight is 202 g/mol. The van der Waals surface area contributed by atoms with Crippen molar-refractivity contribution in [1.82, 2.24) is 0 Å². The van der Waals surface area contributed by atoms with Crippen LogP contribution in [0.15, 0.2) is 0 Å². The molecule has 0 aromatic heterocycles. The zero-order valence-corrected chi connectivity index (χ0v) is 9.23. The molecule has 0 aromatic carbocycles. The molecular weight excluding hydrogens is 184 g/mol. The fourth-order valence-electron chi connectivity index (χ4n) is 1.49. The normalized spacial score (nSPS) is 27.8. The van der Waals surface area contributed by atoms with Crippen molar-refractivity contribution in [3.05, 3.63) is 0 Å². The molecule has 0 amide bonds. The Balaban J connectivity index is 2.02. The van der Waals surface area contributed by atoms with Crippen LogP contribution in [0.2, 0.25) is 0 Å². The van der Waals surface area contributed by atoms with E-state index in [2.05, 4.69) is 6.92 Å². The highest BCUT2D eigenvalue weighted by atomic mass is 32.2. The number of hydrogen-bond acceptors (Lipinski definition) is 3. The summed E-state index contributed by atoms with van der Waals surface area (Å²) in [7, 11) is 0. The van der Waals surface area contributed by atoms with Gasteiger partial charge in [-0.1, -0.05) is 0 Å². The molecule has 1 rings (SSSR count). The van der Waals surface area contributed by atoms with E-state index >= 15 is 0 Å². The summed E-state index contributed by atoms with van der Waals surface area (Å²) in [5, 5.41) is 0.659. The molecule has 1 saturated heterocycles. The molecule has 0 N–H and O–H groups in total. The van der Waals surface area contributed by atoms with Crippen LogP contribution >= 0.6 is 11.8 Å². The molecule has 13 heavy (non-hydrogen) atoms. The standard InChI is InChI=1S/C10H18O2S/c1-8(11)4-3-7-13-10-5-6-12-9(10)2/h9-10H,3-7H2,1-2H3. The van der Waals surface area contributed by atoms with E-state index in [0.717, 1.165) is 25.2 Å². The van der Waals surface area contributed by atoms with E-state index in [1.165, 1.54) is 6.42 Å². The van der Waals surface area contributed by atoms with Crippen molar-refractivity contribution >= 4 is 17.5 Å². The molecule has 0 aromatic rings. The Hall–Kier alpha value is -0.0200. The van der Waals surface area contributed by atoms with Crippen molar-refractivity contribution in [2.45, 2.75) is 44.5 Å². The highest BCUT2D eigenvalue weighted by Crippen LogP contribution is 2.26. The largest absolute Gasteiger partial charge is 0.377 e. The summed E-state index contributed by atoms with van der Waals surface area (Å²) in [6.07, 6.45) is 3.33. The number of carbonyl (C=O) groups excluding carboxylic acids is 1. The minimum atomic E-state index is 0.302. The van der Waals surface area contributed by atoms with Crippen LogP contribution < -0.4 is 0 Å². The minimum absolute atomic E-state index is 0.302. The van der Waals surface area contributed by atoms with Crippen molar-refractivity contribution in [2.24, 2.45) is 0 Å². The molecule has 0 aliphatic carbocycles. The predicted molar refractivity (Wildman–Crippen MR) is 56.2 cm³/mol. The van der Waals surface area contributed by atoms with Crippen molar-refractivity contribution in [3.63, 3.8) is 0 Å². The van der Waals surface area contributed by atoms with Gasteiger partial charge in [-0.05, 0) is 32.4 Å². The zero-order valence-electron chi connectivity index (χ0n) is 8.41. The Kier molecular flexibility index (Phi) is 4.81. The molecule has 2 nitrogen and oxygen atoms in total. The first-order chi connectivity index (χ1) is 6.20. The molecule has 2 atom stereocenters. The fourth-order valence-corrected chi connectivity index (χ4v) is 2.71. The molecule has 0 bridgehead atoms. The third-order valence-corrected chi connectivity index (χ3v) is 3.88. The number of ketones is 1. The van der Waals surface area contributed by atoms with Crippen LogP contribution in [-0.2, 0) is 9.53 Å². The second-order valence-corrected chi connectivity index (χ2v) is 4.93. The van der Waals surface area contributed by atoms with Gasteiger partial charge >= 0.3 is 0 Å². The van der Waals surface area contributed by atoms with E-state index in [1.54, 1.807) is 6.92 Å². The maximum absolute atomic E-state index is 10.7. The van der Waals surface area contributed by atoms with Gasteiger partial charge in [0.05, 0.1) is 6.10 Å². The molecular formula is C10H18O2S. The second kappa shape index (κ2) is 5.66. The first kappa shape index (κ1) is 11.1. The van der Waals surface area contributed by atoms with E-state index in [-0.39, 0.29) is 0 Å². The number of carbonyl (C=O) groups is 1. The fraction of sp³-hybridized carbons (Fsp3) is 0.900. The van der Waals surface area contributed by atoms with Gasteiger partial charge in [0.15, 0.2) is 0 Å². The maximum Gasteiger partial charge on any atom is 0.129 e. The quantitative estimate of drug-likeness (QED) is 0.640. The van der Waals surface area contributed by atoms with Crippen molar-refractivity contribution in [1.29, 1.82) is 0 Å². The van der Waals surface area contributed by atoms with E-state index in [9.17, 15) is 4.79 Å². The molecule has 1 aliphatic rings. The van der Waals surface area contributed by atoms with Crippen LogP contribution in [0.5, 0.6) is 0 Å². The summed E-state index contributed by atoms with van der Waals surface area (Å²) in [4.78, 5) is 10.7. The van der Waals surface area contributed by atoms with E-state index < -0.39 is 0 Å². The summed E-state index contributed by atoms with van der Waals surface area (Å²) in [6, 6.07) is 0. The number of thioether (sulfide) groups is 1. The van der Waals surface area contributed by atoms with Gasteiger partial charge in [0.25, 0.3) is 0 Å². The second-order valence-electron chi connectivity index (χ2n) is 3.58. The van der Waals surface area contributed by atoms with Crippen molar-refractivity contribution < 1.29 is 9.53 Å². The van der Waals surface area contributed by atoms with Gasteiger partial charge < -0.3 is 9.53 Å². The first-order valence-corrected chi connectivity index (χ1v) is 5.97. The van der Waals surface area contributed by atoms with Crippen LogP contribution in [-0.4, -0.2) is 29.5 Å². The molecule has 2 unspecified atom stereocenters. The summed E-state index contributed by atoms with van der Waals surface area (Å²) < 4.78 is 5.46. The molecule has 1 heterocycles. The third kappa shape index (κ3) is 4.14. The van der Waals surface area contributed by atoms with Gasteiger partial charge in [-0.25, -0.2) is 0 Å². The highest BCUT2D eigenvalue weighted by Gasteiger charge is 2.23. The van der Waals surface area contributed by atoms with Gasteiger partial charge in [0, 0.05) is 18.3 Å². The van der Waals surface area contributed by atoms with Crippen LogP contribution in [0.1, 0.15) is 33.1 Å². The molecule has 1 fully saturated rings. The Morgan fingerprint density at radius 1 is 1.62 bits per heavy atom. The highest BCUT2D eigenvalue weighted by molar-refractivity contribution is 7.99. The minimum Gasteiger partial charge on any atom is -0.377 e. The lowest BCUT2D eigenvalue weighted by Gasteiger charge is -2.12. The van der Waals surface area contributed by atoms with Gasteiger partial charge in [-0.3, -0.25) is 0 Å². The summed E-state index contributed by atoms with van der Waals surface area (Å²) in [5.74, 6) is 1.40. The summed E-state index contributed by atoms with van der Waals surface area (Å²) in [6.45, 7) is 4.70. The molecule has 0 spiro atoms. The molecule has 0 saturated carbocycles. The lowest BCUT2D eigenvalue weighted by atomic mass is 10.2. The topological polar surface area (TPSA) is 26.3 Å². The predicted octanol–water partition coefficient (Wildman–Crippen LogP) is 2.27. The van der Waals surface area contributed by atoms with Crippen LogP contribution in [0.25, 0.3) is 0 Å². The van der Waals surface area contributed by atoms with E-state index in [1.807, 2.05) is 11.8 Å².